The van der Waals surface area contributed by atoms with Gasteiger partial charge in [0.1, 0.15) is 0 Å². The number of likely N-dealkylation sites (tertiary alicyclic amines) is 1. The van der Waals surface area contributed by atoms with E-state index in [1.807, 2.05) is 0 Å². The Bertz CT molecular complexity index is 192. The summed E-state index contributed by atoms with van der Waals surface area (Å²) < 4.78 is 0. The zero-order valence-corrected chi connectivity index (χ0v) is 7.28. The van der Waals surface area contributed by atoms with Gasteiger partial charge in [0.2, 0.25) is 5.91 Å². The van der Waals surface area contributed by atoms with Crippen LogP contribution in [0.4, 0.5) is 0 Å². The summed E-state index contributed by atoms with van der Waals surface area (Å²) in [5.41, 5.74) is 0. The molecule has 1 saturated heterocycles. The van der Waals surface area contributed by atoms with Crippen LogP contribution < -0.4 is 0 Å². The van der Waals surface area contributed by atoms with Crippen molar-refractivity contribution < 1.29 is 14.7 Å². The van der Waals surface area contributed by atoms with Crippen molar-refractivity contribution in [2.24, 2.45) is 0 Å². The Morgan fingerprint density at radius 2 is 2.00 bits per heavy atom. The van der Waals surface area contributed by atoms with E-state index in [9.17, 15) is 14.7 Å². The summed E-state index contributed by atoms with van der Waals surface area (Å²) in [6, 6.07) is -0.405. The summed E-state index contributed by atoms with van der Waals surface area (Å²) in [4.78, 5) is 23.4. The third-order valence-corrected chi connectivity index (χ3v) is 2.15. The van der Waals surface area contributed by atoms with Gasteiger partial charge < -0.3 is 10.0 Å². The highest BCUT2D eigenvalue weighted by Gasteiger charge is 2.35. The van der Waals surface area contributed by atoms with Crippen LogP contribution in [0.25, 0.3) is 0 Å². The first kappa shape index (κ1) is 9.19. The molecule has 1 amide bonds. The topological polar surface area (TPSA) is 57.6 Å². The maximum absolute atomic E-state index is 11.0. The third-order valence-electron chi connectivity index (χ3n) is 2.15. The summed E-state index contributed by atoms with van der Waals surface area (Å²) in [5, 5.41) is 9.22. The monoisotopic (exact) mass is 171 g/mol. The minimum Gasteiger partial charge on any atom is -0.391 e. The average molecular weight is 171 g/mol. The normalized spacial score (nSPS) is 29.1. The van der Waals surface area contributed by atoms with Crippen molar-refractivity contribution in [3.8, 4) is 0 Å². The molecule has 1 fully saturated rings. The van der Waals surface area contributed by atoms with Crippen LogP contribution in [0, 0.1) is 0 Å². The summed E-state index contributed by atoms with van der Waals surface area (Å²) in [7, 11) is 0. The zero-order valence-electron chi connectivity index (χ0n) is 7.28. The molecule has 1 heterocycles. The van der Waals surface area contributed by atoms with Crippen molar-refractivity contribution in [3.05, 3.63) is 0 Å². The smallest absolute Gasteiger partial charge is 0.220 e. The van der Waals surface area contributed by atoms with Gasteiger partial charge in [-0.15, -0.1) is 0 Å². The average Bonchev–Trinajstić information content (AvgIpc) is 2.31. The Labute approximate surface area is 71.2 Å². The van der Waals surface area contributed by atoms with Crippen LogP contribution in [0.5, 0.6) is 0 Å². The molecular weight excluding hydrogens is 158 g/mol. The minimum absolute atomic E-state index is 0.0539. The molecule has 0 aromatic rings. The molecule has 68 valence electrons. The maximum Gasteiger partial charge on any atom is 0.220 e. The number of amides is 1. The molecule has 0 bridgehead atoms. The molecule has 0 aromatic carbocycles. The highest BCUT2D eigenvalue weighted by atomic mass is 16.3. The molecule has 0 spiro atoms. The highest BCUT2D eigenvalue weighted by molar-refractivity contribution is 5.87. The first-order chi connectivity index (χ1) is 5.52. The van der Waals surface area contributed by atoms with Crippen molar-refractivity contribution >= 4 is 11.7 Å². The molecule has 0 saturated carbocycles. The highest BCUT2D eigenvalue weighted by Crippen LogP contribution is 2.18. The Balaban J connectivity index is 2.72. The number of aliphatic hydroxyl groups excluding tert-OH is 1. The van der Waals surface area contributed by atoms with Gasteiger partial charge in [-0.05, 0) is 6.92 Å². The van der Waals surface area contributed by atoms with Crippen molar-refractivity contribution in [3.63, 3.8) is 0 Å². The number of carbonyl (C=O) groups is 2. The van der Waals surface area contributed by atoms with Crippen LogP contribution in [-0.4, -0.2) is 40.4 Å². The minimum atomic E-state index is -0.539. The van der Waals surface area contributed by atoms with Gasteiger partial charge in [0.25, 0.3) is 0 Å². The fourth-order valence-corrected chi connectivity index (χ4v) is 1.55. The molecule has 0 unspecified atom stereocenters. The van der Waals surface area contributed by atoms with E-state index >= 15 is 0 Å². The molecule has 4 heteroatoms. The van der Waals surface area contributed by atoms with E-state index < -0.39 is 12.1 Å². The SMILES string of the molecule is CC(=O)[C@H]1C[C@@H](O)CN1C(C)=O. The Kier molecular flexibility index (Phi) is 2.47. The second kappa shape index (κ2) is 3.23. The van der Waals surface area contributed by atoms with Gasteiger partial charge in [0.15, 0.2) is 5.78 Å². The van der Waals surface area contributed by atoms with Crippen molar-refractivity contribution in [2.75, 3.05) is 6.54 Å². The van der Waals surface area contributed by atoms with Gasteiger partial charge in [-0.3, -0.25) is 9.59 Å². The fraction of sp³-hybridized carbons (Fsp3) is 0.750. The van der Waals surface area contributed by atoms with Gasteiger partial charge in [-0.2, -0.15) is 0 Å². The lowest BCUT2D eigenvalue weighted by Gasteiger charge is -2.19. The third kappa shape index (κ3) is 1.64. The van der Waals surface area contributed by atoms with Gasteiger partial charge >= 0.3 is 0 Å². The number of nitrogens with zero attached hydrogens (tertiary/aromatic N) is 1. The number of β-amino-alcohol motifs (C(OH)–C–C–N with tert-alkyl or cyclic N) is 1. The second-order valence-electron chi connectivity index (χ2n) is 3.19. The lowest BCUT2D eigenvalue weighted by atomic mass is 10.1. The molecule has 2 atom stereocenters. The first-order valence-corrected chi connectivity index (χ1v) is 3.98. The number of carbonyl (C=O) groups excluding carboxylic acids is 2. The second-order valence-corrected chi connectivity index (χ2v) is 3.19. The zero-order chi connectivity index (χ0) is 9.30. The lowest BCUT2D eigenvalue weighted by Crippen LogP contribution is -2.38. The number of rotatable bonds is 1. The molecule has 0 radical (unpaired) electrons. The molecule has 12 heavy (non-hydrogen) atoms. The van der Waals surface area contributed by atoms with Crippen LogP contribution >= 0.6 is 0 Å². The van der Waals surface area contributed by atoms with E-state index in [0.29, 0.717) is 13.0 Å². The predicted molar refractivity (Wildman–Crippen MR) is 42.5 cm³/mol. The molecule has 4 nitrogen and oxygen atoms in total. The summed E-state index contributed by atoms with van der Waals surface area (Å²) in [5.74, 6) is -0.200. The summed E-state index contributed by atoms with van der Waals surface area (Å²) >= 11 is 0. The Morgan fingerprint density at radius 3 is 2.33 bits per heavy atom. The van der Waals surface area contributed by atoms with Crippen LogP contribution in [0.1, 0.15) is 20.3 Å². The number of Topliss-reactive ketones (excluding diaryl/α,β-unsaturated/α-hetero) is 1. The summed E-state index contributed by atoms with van der Waals surface area (Å²) in [6.07, 6.45) is -0.155. The molecule has 1 rings (SSSR count). The number of aliphatic hydroxyl groups is 1. The van der Waals surface area contributed by atoms with Crippen LogP contribution in [-0.2, 0) is 9.59 Å². The van der Waals surface area contributed by atoms with E-state index in [2.05, 4.69) is 0 Å². The maximum atomic E-state index is 11.0. The Hall–Kier alpha value is -0.900. The number of hydrogen-bond acceptors (Lipinski definition) is 3. The van der Waals surface area contributed by atoms with E-state index in [4.69, 9.17) is 0 Å². The van der Waals surface area contributed by atoms with E-state index in [1.54, 1.807) is 0 Å². The van der Waals surface area contributed by atoms with E-state index in [0.717, 1.165) is 0 Å². The summed E-state index contributed by atoms with van der Waals surface area (Å²) in [6.45, 7) is 3.15. The largest absolute Gasteiger partial charge is 0.391 e. The molecule has 1 N–H and O–H groups in total. The van der Waals surface area contributed by atoms with Gasteiger partial charge in [0, 0.05) is 19.9 Å². The quantitative estimate of drug-likeness (QED) is 0.581. The van der Waals surface area contributed by atoms with Crippen molar-refractivity contribution in [1.29, 1.82) is 0 Å². The molecule has 0 aliphatic carbocycles. The van der Waals surface area contributed by atoms with Gasteiger partial charge in [-0.25, -0.2) is 0 Å². The standard InChI is InChI=1S/C8H13NO3/c1-5(10)8-3-7(12)4-9(8)6(2)11/h7-8,12H,3-4H2,1-2H3/t7-,8-/m1/s1. The van der Waals surface area contributed by atoms with Crippen molar-refractivity contribution in [1.82, 2.24) is 4.90 Å². The van der Waals surface area contributed by atoms with Gasteiger partial charge in [0.05, 0.1) is 12.1 Å². The number of ketones is 1. The first-order valence-electron chi connectivity index (χ1n) is 3.98. The molecule has 1 aliphatic rings. The molecule has 1 aliphatic heterocycles. The molecule has 0 aromatic heterocycles. The van der Waals surface area contributed by atoms with Crippen LogP contribution in [0.2, 0.25) is 0 Å². The number of hydrogen-bond donors (Lipinski definition) is 1. The fourth-order valence-electron chi connectivity index (χ4n) is 1.55. The predicted octanol–water partition coefficient (Wildman–Crippen LogP) is -0.443. The van der Waals surface area contributed by atoms with E-state index in [1.165, 1.54) is 18.7 Å². The van der Waals surface area contributed by atoms with Crippen LogP contribution in [0.15, 0.2) is 0 Å². The lowest BCUT2D eigenvalue weighted by molar-refractivity contribution is -0.135. The van der Waals surface area contributed by atoms with Gasteiger partial charge in [-0.1, -0.05) is 0 Å². The Morgan fingerprint density at radius 1 is 1.42 bits per heavy atom. The van der Waals surface area contributed by atoms with Crippen LogP contribution in [0.3, 0.4) is 0 Å². The van der Waals surface area contributed by atoms with E-state index in [-0.39, 0.29) is 11.7 Å². The van der Waals surface area contributed by atoms with Crippen molar-refractivity contribution in [2.45, 2.75) is 32.4 Å². The molecular formula is C8H13NO3.